The number of rotatable bonds is 4. The lowest BCUT2D eigenvalue weighted by Crippen LogP contribution is -1.99. The highest BCUT2D eigenvalue weighted by Crippen LogP contribution is 2.42. The van der Waals surface area contributed by atoms with Crippen LogP contribution in [0.4, 0.5) is 0 Å². The van der Waals surface area contributed by atoms with Gasteiger partial charge in [0.2, 0.25) is 0 Å². The highest BCUT2D eigenvalue weighted by Gasteiger charge is 2.20. The van der Waals surface area contributed by atoms with E-state index in [0.717, 1.165) is 21.2 Å². The lowest BCUT2D eigenvalue weighted by Gasteiger charge is -2.17. The normalized spacial score (nSPS) is 12.1. The quantitative estimate of drug-likeness (QED) is 0.619. The molecule has 0 saturated heterocycles. The van der Waals surface area contributed by atoms with Crippen molar-refractivity contribution >= 4 is 39.1 Å². The van der Waals surface area contributed by atoms with Gasteiger partial charge in [-0.2, -0.15) is 0 Å². The number of hydrogen-bond donors (Lipinski definition) is 0. The Bertz CT molecular complexity index is 659. The SMILES string of the molecule is COc1cc(Br)c(C(Cl)c2cccc(C)c2Cl)cc1OC. The van der Waals surface area contributed by atoms with Gasteiger partial charge in [0.1, 0.15) is 0 Å². The number of ether oxygens (including phenoxy) is 2. The highest BCUT2D eigenvalue weighted by atomic mass is 79.9. The Kier molecular flexibility index (Phi) is 5.42. The van der Waals surface area contributed by atoms with E-state index in [2.05, 4.69) is 15.9 Å². The minimum absolute atomic E-state index is 0.383. The first-order valence-corrected chi connectivity index (χ1v) is 7.90. The molecule has 5 heteroatoms. The Morgan fingerprint density at radius 3 is 2.29 bits per heavy atom. The van der Waals surface area contributed by atoms with Crippen LogP contribution in [0, 0.1) is 6.92 Å². The molecule has 2 aromatic rings. The molecule has 21 heavy (non-hydrogen) atoms. The van der Waals surface area contributed by atoms with Crippen LogP contribution < -0.4 is 9.47 Å². The predicted molar refractivity (Wildman–Crippen MR) is 91.1 cm³/mol. The summed E-state index contributed by atoms with van der Waals surface area (Å²) >= 11 is 16.5. The largest absolute Gasteiger partial charge is 0.493 e. The molecule has 0 saturated carbocycles. The Labute approximate surface area is 143 Å². The molecule has 0 N–H and O–H groups in total. The fourth-order valence-electron chi connectivity index (χ4n) is 2.10. The summed E-state index contributed by atoms with van der Waals surface area (Å²) in [5.74, 6) is 1.28. The Balaban J connectivity index is 2.53. The fraction of sp³-hybridized carbons (Fsp3) is 0.250. The Morgan fingerprint density at radius 1 is 1.05 bits per heavy atom. The molecule has 0 aliphatic heterocycles. The second kappa shape index (κ2) is 6.91. The highest BCUT2D eigenvalue weighted by molar-refractivity contribution is 9.10. The van der Waals surface area contributed by atoms with E-state index in [9.17, 15) is 0 Å². The van der Waals surface area contributed by atoms with Gasteiger partial charge in [-0.3, -0.25) is 0 Å². The molecule has 0 amide bonds. The van der Waals surface area contributed by atoms with Crippen molar-refractivity contribution in [1.29, 1.82) is 0 Å². The van der Waals surface area contributed by atoms with Crippen LogP contribution in [0.2, 0.25) is 5.02 Å². The first-order valence-electron chi connectivity index (χ1n) is 6.30. The summed E-state index contributed by atoms with van der Waals surface area (Å²) in [5, 5.41) is 0.297. The Hall–Kier alpha value is -0.900. The van der Waals surface area contributed by atoms with Gasteiger partial charge in [-0.15, -0.1) is 11.6 Å². The summed E-state index contributed by atoms with van der Waals surface area (Å²) in [6.45, 7) is 1.96. The number of alkyl halides is 1. The molecule has 0 radical (unpaired) electrons. The van der Waals surface area contributed by atoms with E-state index >= 15 is 0 Å². The lowest BCUT2D eigenvalue weighted by molar-refractivity contribution is 0.354. The molecule has 2 nitrogen and oxygen atoms in total. The Morgan fingerprint density at radius 2 is 1.67 bits per heavy atom. The van der Waals surface area contributed by atoms with Crippen LogP contribution in [-0.2, 0) is 0 Å². The summed E-state index contributed by atoms with van der Waals surface area (Å²) in [4.78, 5) is 0. The van der Waals surface area contributed by atoms with Gasteiger partial charge in [0, 0.05) is 9.50 Å². The molecular weight excluding hydrogens is 375 g/mol. The van der Waals surface area contributed by atoms with Crippen molar-refractivity contribution in [3.05, 3.63) is 56.5 Å². The molecule has 0 spiro atoms. The van der Waals surface area contributed by atoms with Crippen LogP contribution in [0.3, 0.4) is 0 Å². The molecule has 1 unspecified atom stereocenters. The molecule has 112 valence electrons. The summed E-state index contributed by atoms with van der Waals surface area (Å²) in [7, 11) is 3.19. The molecule has 0 fully saturated rings. The van der Waals surface area contributed by atoms with Gasteiger partial charge >= 0.3 is 0 Å². The first-order chi connectivity index (χ1) is 9.99. The van der Waals surface area contributed by atoms with Gasteiger partial charge in [0.25, 0.3) is 0 Å². The third kappa shape index (κ3) is 3.31. The maximum atomic E-state index is 6.63. The van der Waals surface area contributed by atoms with Crippen LogP contribution in [0.1, 0.15) is 22.1 Å². The average Bonchev–Trinajstić information content (AvgIpc) is 2.49. The minimum atomic E-state index is -0.383. The van der Waals surface area contributed by atoms with Crippen molar-refractivity contribution in [2.24, 2.45) is 0 Å². The molecule has 0 aliphatic carbocycles. The van der Waals surface area contributed by atoms with Gasteiger partial charge in [0.15, 0.2) is 11.5 Å². The molecule has 1 atom stereocenters. The number of benzene rings is 2. The zero-order valence-electron chi connectivity index (χ0n) is 11.9. The van der Waals surface area contributed by atoms with Gasteiger partial charge in [0.05, 0.1) is 19.6 Å². The van der Waals surface area contributed by atoms with Crippen LogP contribution in [0.5, 0.6) is 11.5 Å². The van der Waals surface area contributed by atoms with Crippen LogP contribution in [0.25, 0.3) is 0 Å². The summed E-state index contributed by atoms with van der Waals surface area (Å²) in [6, 6.07) is 9.53. The molecule has 2 rings (SSSR count). The predicted octanol–water partition coefficient (Wildman–Crippen LogP) is 5.76. The number of halogens is 3. The topological polar surface area (TPSA) is 18.5 Å². The fourth-order valence-corrected chi connectivity index (χ4v) is 3.43. The third-order valence-electron chi connectivity index (χ3n) is 3.27. The number of aryl methyl sites for hydroxylation is 1. The molecule has 0 aromatic heterocycles. The number of hydrogen-bond acceptors (Lipinski definition) is 2. The maximum Gasteiger partial charge on any atom is 0.161 e. The van der Waals surface area contributed by atoms with Crippen molar-refractivity contribution in [2.45, 2.75) is 12.3 Å². The van der Waals surface area contributed by atoms with E-state index in [1.165, 1.54) is 0 Å². The number of methoxy groups -OCH3 is 2. The van der Waals surface area contributed by atoms with E-state index < -0.39 is 0 Å². The van der Waals surface area contributed by atoms with Crippen LogP contribution in [0.15, 0.2) is 34.8 Å². The molecule has 0 aliphatic rings. The standard InChI is InChI=1S/C16H15BrCl2O2/c1-9-5-4-6-10(15(9)18)16(19)11-7-13(20-2)14(21-3)8-12(11)17/h4-8,16H,1-3H3. The van der Waals surface area contributed by atoms with E-state index in [1.54, 1.807) is 14.2 Å². The van der Waals surface area contributed by atoms with Crippen LogP contribution >= 0.6 is 39.1 Å². The van der Waals surface area contributed by atoms with E-state index in [0.29, 0.717) is 16.5 Å². The lowest BCUT2D eigenvalue weighted by atomic mass is 10.0. The van der Waals surface area contributed by atoms with Crippen molar-refractivity contribution in [1.82, 2.24) is 0 Å². The molecule has 0 heterocycles. The zero-order valence-corrected chi connectivity index (χ0v) is 15.0. The van der Waals surface area contributed by atoms with Crippen LogP contribution in [-0.4, -0.2) is 14.2 Å². The third-order valence-corrected chi connectivity index (χ3v) is 4.94. The molecule has 2 aromatic carbocycles. The van der Waals surface area contributed by atoms with Gasteiger partial charge < -0.3 is 9.47 Å². The zero-order chi connectivity index (χ0) is 15.6. The van der Waals surface area contributed by atoms with Crippen molar-refractivity contribution in [3.63, 3.8) is 0 Å². The maximum absolute atomic E-state index is 6.63. The smallest absolute Gasteiger partial charge is 0.161 e. The monoisotopic (exact) mass is 388 g/mol. The minimum Gasteiger partial charge on any atom is -0.493 e. The van der Waals surface area contributed by atoms with Crippen molar-refractivity contribution in [3.8, 4) is 11.5 Å². The summed E-state index contributed by atoms with van der Waals surface area (Å²) in [5.41, 5.74) is 2.74. The molecular formula is C16H15BrCl2O2. The summed E-state index contributed by atoms with van der Waals surface area (Å²) in [6.07, 6.45) is 0. The second-order valence-electron chi connectivity index (χ2n) is 4.57. The van der Waals surface area contributed by atoms with E-state index in [1.807, 2.05) is 37.3 Å². The van der Waals surface area contributed by atoms with Crippen molar-refractivity contribution in [2.75, 3.05) is 14.2 Å². The molecule has 0 bridgehead atoms. The average molecular weight is 390 g/mol. The van der Waals surface area contributed by atoms with E-state index in [4.69, 9.17) is 32.7 Å². The van der Waals surface area contributed by atoms with Crippen molar-refractivity contribution < 1.29 is 9.47 Å². The van der Waals surface area contributed by atoms with Gasteiger partial charge in [-0.05, 0) is 35.7 Å². The van der Waals surface area contributed by atoms with E-state index in [-0.39, 0.29) is 5.38 Å². The second-order valence-corrected chi connectivity index (χ2v) is 6.24. The first kappa shape index (κ1) is 16.5. The van der Waals surface area contributed by atoms with Gasteiger partial charge in [-0.25, -0.2) is 0 Å². The summed E-state index contributed by atoms with van der Waals surface area (Å²) < 4.78 is 11.5. The van der Waals surface area contributed by atoms with Gasteiger partial charge in [-0.1, -0.05) is 45.7 Å².